The topological polar surface area (TPSA) is 57.5 Å². The van der Waals surface area contributed by atoms with Crippen LogP contribution in [0.4, 0.5) is 0 Å². The first-order valence-corrected chi connectivity index (χ1v) is 5.34. The fourth-order valence-electron chi connectivity index (χ4n) is 1.64. The summed E-state index contributed by atoms with van der Waals surface area (Å²) in [6.07, 6.45) is 0. The second kappa shape index (κ2) is 6.01. The first-order chi connectivity index (χ1) is 8.06. The number of carboxylic acids is 1. The monoisotopic (exact) mass is 232 g/mol. The lowest BCUT2D eigenvalue weighted by Crippen LogP contribution is -1.89. The van der Waals surface area contributed by atoms with E-state index in [9.17, 15) is 0 Å². The van der Waals surface area contributed by atoms with E-state index in [1.54, 1.807) is 0 Å². The van der Waals surface area contributed by atoms with Crippen LogP contribution in [0.3, 0.4) is 0 Å². The fraction of sp³-hybridized carbons (Fsp3) is 0.214. The van der Waals surface area contributed by atoms with Crippen LogP contribution in [0.1, 0.15) is 18.1 Å². The highest BCUT2D eigenvalue weighted by Crippen LogP contribution is 2.21. The molecule has 2 aromatic rings. The Balaban J connectivity index is 0.000000317. The molecule has 2 rings (SSSR count). The van der Waals surface area contributed by atoms with Crippen LogP contribution < -0.4 is 0 Å². The molecule has 0 heterocycles. The second-order valence-electron chi connectivity index (χ2n) is 3.75. The van der Waals surface area contributed by atoms with Crippen LogP contribution in [0.15, 0.2) is 36.4 Å². The lowest BCUT2D eigenvalue weighted by Gasteiger charge is -2.06. The number of aliphatic carboxylic acids is 1. The Hall–Kier alpha value is -1.87. The summed E-state index contributed by atoms with van der Waals surface area (Å²) in [7, 11) is 0. The third kappa shape index (κ3) is 3.57. The highest BCUT2D eigenvalue weighted by molar-refractivity contribution is 5.86. The Bertz CT molecular complexity index is 514. The maximum atomic E-state index is 9.08. The molecule has 0 aliphatic heterocycles. The quantitative estimate of drug-likeness (QED) is 0.794. The number of rotatable bonds is 1. The number of hydrogen-bond acceptors (Lipinski definition) is 2. The number of carboxylic acid groups (broad SMARTS) is 1. The zero-order chi connectivity index (χ0) is 12.8. The number of aliphatic hydroxyl groups excluding tert-OH is 1. The van der Waals surface area contributed by atoms with Crippen molar-refractivity contribution in [1.29, 1.82) is 0 Å². The minimum atomic E-state index is -0.833. The number of aryl methyl sites for hydroxylation is 1. The average molecular weight is 232 g/mol. The molecule has 0 atom stereocenters. The predicted molar refractivity (Wildman–Crippen MR) is 67.9 cm³/mol. The molecule has 0 saturated heterocycles. The van der Waals surface area contributed by atoms with E-state index in [-0.39, 0.29) is 6.61 Å². The number of aliphatic hydroxyl groups is 1. The molecule has 0 aliphatic carbocycles. The standard InChI is InChI=1S/C12H12O.C2H4O2/c1-9-11(8-13)7-6-10-4-2-3-5-12(9)10;1-2(3)4/h2-7,13H,8H2,1H3;1H3,(H,3,4). The molecular formula is C14H16O3. The summed E-state index contributed by atoms with van der Waals surface area (Å²) >= 11 is 0. The van der Waals surface area contributed by atoms with Gasteiger partial charge < -0.3 is 10.2 Å². The highest BCUT2D eigenvalue weighted by atomic mass is 16.4. The van der Waals surface area contributed by atoms with Gasteiger partial charge in [-0.15, -0.1) is 0 Å². The van der Waals surface area contributed by atoms with Crippen molar-refractivity contribution in [1.82, 2.24) is 0 Å². The van der Waals surface area contributed by atoms with Crippen molar-refractivity contribution in [2.45, 2.75) is 20.5 Å². The van der Waals surface area contributed by atoms with Crippen LogP contribution in [0.5, 0.6) is 0 Å². The Kier molecular flexibility index (Phi) is 4.67. The van der Waals surface area contributed by atoms with Crippen LogP contribution in [0.25, 0.3) is 10.8 Å². The normalized spacial score (nSPS) is 9.59. The van der Waals surface area contributed by atoms with E-state index in [4.69, 9.17) is 15.0 Å². The van der Waals surface area contributed by atoms with Gasteiger partial charge in [0, 0.05) is 6.92 Å². The molecule has 0 aromatic heterocycles. The number of benzene rings is 2. The Morgan fingerprint density at radius 3 is 2.35 bits per heavy atom. The molecule has 90 valence electrons. The third-order valence-electron chi connectivity index (χ3n) is 2.48. The SMILES string of the molecule is CC(=O)O.Cc1c(CO)ccc2ccccc12. The largest absolute Gasteiger partial charge is 0.481 e. The second-order valence-corrected chi connectivity index (χ2v) is 3.75. The molecule has 0 fully saturated rings. The van der Waals surface area contributed by atoms with E-state index in [1.165, 1.54) is 16.3 Å². The maximum absolute atomic E-state index is 9.08. The van der Waals surface area contributed by atoms with Gasteiger partial charge in [0.2, 0.25) is 0 Å². The molecule has 0 radical (unpaired) electrons. The summed E-state index contributed by atoms with van der Waals surface area (Å²) in [4.78, 5) is 9.00. The molecule has 17 heavy (non-hydrogen) atoms. The van der Waals surface area contributed by atoms with Gasteiger partial charge in [0.15, 0.2) is 0 Å². The van der Waals surface area contributed by atoms with Crippen molar-refractivity contribution in [2.75, 3.05) is 0 Å². The van der Waals surface area contributed by atoms with Crippen molar-refractivity contribution in [2.24, 2.45) is 0 Å². The molecule has 2 aromatic carbocycles. The number of fused-ring (bicyclic) bond motifs is 1. The Labute approximate surface area is 100 Å². The van der Waals surface area contributed by atoms with Crippen LogP contribution >= 0.6 is 0 Å². The Morgan fingerprint density at radius 2 is 1.76 bits per heavy atom. The minimum absolute atomic E-state index is 0.122. The summed E-state index contributed by atoms with van der Waals surface area (Å²) < 4.78 is 0. The molecule has 0 bridgehead atoms. The van der Waals surface area contributed by atoms with Crippen molar-refractivity contribution >= 4 is 16.7 Å². The van der Waals surface area contributed by atoms with E-state index in [2.05, 4.69) is 12.1 Å². The molecule has 0 saturated carbocycles. The van der Waals surface area contributed by atoms with E-state index in [0.717, 1.165) is 12.5 Å². The minimum Gasteiger partial charge on any atom is -0.481 e. The van der Waals surface area contributed by atoms with Crippen LogP contribution in [0.2, 0.25) is 0 Å². The van der Waals surface area contributed by atoms with E-state index >= 15 is 0 Å². The van der Waals surface area contributed by atoms with Crippen LogP contribution in [-0.4, -0.2) is 16.2 Å². The van der Waals surface area contributed by atoms with E-state index in [0.29, 0.717) is 0 Å². The summed E-state index contributed by atoms with van der Waals surface area (Å²) in [5, 5.41) is 19.0. The lowest BCUT2D eigenvalue weighted by atomic mass is 10.0. The molecule has 3 heteroatoms. The van der Waals surface area contributed by atoms with Crippen LogP contribution in [-0.2, 0) is 11.4 Å². The van der Waals surface area contributed by atoms with Crippen molar-refractivity contribution in [3.63, 3.8) is 0 Å². The van der Waals surface area contributed by atoms with Gasteiger partial charge in [-0.1, -0.05) is 36.4 Å². The average Bonchev–Trinajstić information content (AvgIpc) is 2.29. The van der Waals surface area contributed by atoms with Gasteiger partial charge in [0.05, 0.1) is 6.61 Å². The maximum Gasteiger partial charge on any atom is 0.300 e. The molecular weight excluding hydrogens is 216 g/mol. The van der Waals surface area contributed by atoms with Gasteiger partial charge in [-0.2, -0.15) is 0 Å². The molecule has 3 nitrogen and oxygen atoms in total. The highest BCUT2D eigenvalue weighted by Gasteiger charge is 2.00. The molecule has 0 amide bonds. The third-order valence-corrected chi connectivity index (χ3v) is 2.48. The van der Waals surface area contributed by atoms with Gasteiger partial charge in [0.1, 0.15) is 0 Å². The predicted octanol–water partition coefficient (Wildman–Crippen LogP) is 2.73. The molecule has 2 N–H and O–H groups in total. The number of carbonyl (C=O) groups is 1. The van der Waals surface area contributed by atoms with Crippen LogP contribution in [0, 0.1) is 6.92 Å². The summed E-state index contributed by atoms with van der Waals surface area (Å²) in [6, 6.07) is 12.3. The first-order valence-electron chi connectivity index (χ1n) is 5.34. The Morgan fingerprint density at radius 1 is 1.18 bits per heavy atom. The van der Waals surface area contributed by atoms with Gasteiger partial charge in [-0.25, -0.2) is 0 Å². The zero-order valence-corrected chi connectivity index (χ0v) is 9.97. The van der Waals surface area contributed by atoms with Crippen molar-refractivity contribution in [3.05, 3.63) is 47.5 Å². The summed E-state index contributed by atoms with van der Waals surface area (Å²) in [5.41, 5.74) is 2.19. The smallest absolute Gasteiger partial charge is 0.300 e. The molecule has 0 aliphatic rings. The van der Waals surface area contributed by atoms with Crippen molar-refractivity contribution < 1.29 is 15.0 Å². The first kappa shape index (κ1) is 13.2. The van der Waals surface area contributed by atoms with Gasteiger partial charge in [-0.3, -0.25) is 4.79 Å². The number of hydrogen-bond donors (Lipinski definition) is 2. The zero-order valence-electron chi connectivity index (χ0n) is 9.97. The van der Waals surface area contributed by atoms with E-state index in [1.807, 2.05) is 31.2 Å². The van der Waals surface area contributed by atoms with Crippen molar-refractivity contribution in [3.8, 4) is 0 Å². The summed E-state index contributed by atoms with van der Waals surface area (Å²) in [6.45, 7) is 3.25. The van der Waals surface area contributed by atoms with E-state index < -0.39 is 5.97 Å². The molecule has 0 spiro atoms. The van der Waals surface area contributed by atoms with Gasteiger partial charge >= 0.3 is 0 Å². The molecule has 0 unspecified atom stereocenters. The van der Waals surface area contributed by atoms with Gasteiger partial charge in [0.25, 0.3) is 5.97 Å². The lowest BCUT2D eigenvalue weighted by molar-refractivity contribution is -0.134. The summed E-state index contributed by atoms with van der Waals surface area (Å²) in [5.74, 6) is -0.833. The fourth-order valence-corrected chi connectivity index (χ4v) is 1.64. The van der Waals surface area contributed by atoms with Gasteiger partial charge in [-0.05, 0) is 28.8 Å².